The normalized spacial score (nSPS) is 15.0. The van der Waals surface area contributed by atoms with Crippen LogP contribution in [0.5, 0.6) is 5.75 Å². The first kappa shape index (κ1) is 20.1. The number of piperidine rings is 1. The molecule has 6 nitrogen and oxygen atoms in total. The van der Waals surface area contributed by atoms with Gasteiger partial charge >= 0.3 is 5.97 Å². The number of halogens is 3. The number of hydrogen-bond acceptors (Lipinski definition) is 6. The van der Waals surface area contributed by atoms with Gasteiger partial charge in [0.25, 0.3) is 5.91 Å². The van der Waals surface area contributed by atoms with E-state index in [2.05, 4.69) is 4.98 Å². The highest BCUT2D eigenvalue weighted by molar-refractivity contribution is 7.17. The summed E-state index contributed by atoms with van der Waals surface area (Å²) >= 11 is 0.829. The zero-order chi connectivity index (χ0) is 20.6. The molecular weight excluding hydrogens is 397 g/mol. The second-order valence-corrected chi connectivity index (χ2v) is 7.40. The summed E-state index contributed by atoms with van der Waals surface area (Å²) in [5, 5.41) is 9.34. The van der Waals surface area contributed by atoms with Gasteiger partial charge in [0.05, 0.1) is 24.3 Å². The first-order valence-electron chi connectivity index (χ1n) is 8.46. The summed E-state index contributed by atoms with van der Waals surface area (Å²) in [6.45, 7) is 2.25. The van der Waals surface area contributed by atoms with Crippen LogP contribution in [-0.4, -0.2) is 47.1 Å². The van der Waals surface area contributed by atoms with E-state index >= 15 is 0 Å². The van der Waals surface area contributed by atoms with Crippen LogP contribution in [0.3, 0.4) is 0 Å². The molecule has 0 radical (unpaired) electrons. The zero-order valence-electron chi connectivity index (χ0n) is 15.1. The Labute approximate surface area is 162 Å². The van der Waals surface area contributed by atoms with Crippen molar-refractivity contribution in [2.45, 2.75) is 19.8 Å². The second-order valence-electron chi connectivity index (χ2n) is 6.41. The van der Waals surface area contributed by atoms with Crippen molar-refractivity contribution >= 4 is 23.2 Å². The molecule has 10 heteroatoms. The number of aryl methyl sites for hydroxylation is 1. The highest BCUT2D eigenvalue weighted by Gasteiger charge is 2.30. The van der Waals surface area contributed by atoms with Crippen molar-refractivity contribution in [3.05, 3.63) is 34.1 Å². The van der Waals surface area contributed by atoms with Crippen molar-refractivity contribution in [1.29, 1.82) is 0 Å². The number of carbonyl (C=O) groups excluding carboxylic acids is 2. The molecule has 1 aliphatic heterocycles. The summed E-state index contributed by atoms with van der Waals surface area (Å²) in [7, 11) is 1.32. The van der Waals surface area contributed by atoms with E-state index in [1.165, 1.54) is 7.11 Å². The summed E-state index contributed by atoms with van der Waals surface area (Å²) in [6.07, 6.45) is 0.934. The molecule has 0 atom stereocenters. The minimum atomic E-state index is -1.68. The molecule has 1 saturated heterocycles. The molecule has 150 valence electrons. The van der Waals surface area contributed by atoms with Crippen LogP contribution in [0.4, 0.5) is 13.2 Å². The minimum absolute atomic E-state index is 0.0444. The van der Waals surface area contributed by atoms with Gasteiger partial charge in [0.15, 0.2) is 17.4 Å². The SMILES string of the molecule is COC(=O)C1CCN(C(=O)c2sc(-c3cc(F)c(F)c(O)c3F)nc2C)CC1. The van der Waals surface area contributed by atoms with E-state index in [1.807, 2.05) is 0 Å². The molecule has 0 bridgehead atoms. The molecule has 3 rings (SSSR count). The summed E-state index contributed by atoms with van der Waals surface area (Å²) in [6, 6.07) is 0.596. The number of methoxy groups -OCH3 is 1. The lowest BCUT2D eigenvalue weighted by Crippen LogP contribution is -2.40. The molecule has 2 aromatic rings. The maximum atomic E-state index is 14.1. The molecule has 1 aromatic heterocycles. The quantitative estimate of drug-likeness (QED) is 0.616. The topological polar surface area (TPSA) is 79.7 Å². The maximum Gasteiger partial charge on any atom is 0.308 e. The fourth-order valence-corrected chi connectivity index (χ4v) is 4.13. The van der Waals surface area contributed by atoms with Gasteiger partial charge in [-0.1, -0.05) is 0 Å². The average molecular weight is 414 g/mol. The molecule has 1 N–H and O–H groups in total. The molecular formula is C18H17F3N2O4S. The second kappa shape index (κ2) is 7.78. The third kappa shape index (κ3) is 3.56. The largest absolute Gasteiger partial charge is 0.503 e. The van der Waals surface area contributed by atoms with Gasteiger partial charge in [0.1, 0.15) is 9.88 Å². The maximum absolute atomic E-state index is 14.1. The lowest BCUT2D eigenvalue weighted by Gasteiger charge is -2.30. The Morgan fingerprint density at radius 1 is 1.25 bits per heavy atom. The smallest absolute Gasteiger partial charge is 0.308 e. The fourth-order valence-electron chi connectivity index (χ4n) is 3.08. The van der Waals surface area contributed by atoms with Crippen molar-refractivity contribution in [2.24, 2.45) is 5.92 Å². The Balaban J connectivity index is 1.84. The Bertz CT molecular complexity index is 939. The van der Waals surface area contributed by atoms with E-state index in [0.29, 0.717) is 37.7 Å². The van der Waals surface area contributed by atoms with Gasteiger partial charge < -0.3 is 14.7 Å². The van der Waals surface area contributed by atoms with E-state index < -0.39 is 28.8 Å². The number of phenolic OH excluding ortho intramolecular Hbond substituents is 1. The third-order valence-electron chi connectivity index (χ3n) is 4.67. The van der Waals surface area contributed by atoms with Crippen LogP contribution >= 0.6 is 11.3 Å². The van der Waals surface area contributed by atoms with E-state index in [9.17, 15) is 27.9 Å². The number of amides is 1. The van der Waals surface area contributed by atoms with Gasteiger partial charge in [-0.05, 0) is 25.8 Å². The van der Waals surface area contributed by atoms with Crippen LogP contribution in [0, 0.1) is 30.3 Å². The Hall–Kier alpha value is -2.62. The standard InChI is InChI=1S/C18H17F3N2O4S/c1-8-15(17(25)23-5-3-9(4-6-23)18(26)27-2)28-16(22-8)10-7-11(19)13(21)14(24)12(10)20/h7,9,24H,3-6H2,1-2H3. The molecule has 0 aliphatic carbocycles. The van der Waals surface area contributed by atoms with E-state index in [-0.39, 0.29) is 27.7 Å². The number of phenols is 1. The summed E-state index contributed by atoms with van der Waals surface area (Å²) < 4.78 is 45.7. The number of carbonyl (C=O) groups is 2. The van der Waals surface area contributed by atoms with Crippen molar-refractivity contribution in [1.82, 2.24) is 9.88 Å². The van der Waals surface area contributed by atoms with Crippen LogP contribution in [0.25, 0.3) is 10.6 Å². The van der Waals surface area contributed by atoms with Crippen LogP contribution in [-0.2, 0) is 9.53 Å². The number of ether oxygens (including phenoxy) is 1. The van der Waals surface area contributed by atoms with Crippen molar-refractivity contribution in [3.63, 3.8) is 0 Å². The van der Waals surface area contributed by atoms with Gasteiger partial charge in [-0.15, -0.1) is 11.3 Å². The molecule has 0 spiro atoms. The molecule has 0 unspecified atom stereocenters. The highest BCUT2D eigenvalue weighted by Crippen LogP contribution is 2.36. The number of benzene rings is 1. The molecule has 2 heterocycles. The molecule has 1 fully saturated rings. The number of thiazole rings is 1. The lowest BCUT2D eigenvalue weighted by atomic mass is 9.97. The number of rotatable bonds is 3. The lowest BCUT2D eigenvalue weighted by molar-refractivity contribution is -0.146. The minimum Gasteiger partial charge on any atom is -0.503 e. The Morgan fingerprint density at radius 2 is 1.89 bits per heavy atom. The molecule has 0 saturated carbocycles. The van der Waals surface area contributed by atoms with E-state index in [4.69, 9.17) is 4.74 Å². The predicted octanol–water partition coefficient (Wildman–Crippen LogP) is 3.27. The third-order valence-corrected chi connectivity index (χ3v) is 5.85. The number of nitrogens with zero attached hydrogens (tertiary/aromatic N) is 2. The van der Waals surface area contributed by atoms with Gasteiger partial charge in [-0.25, -0.2) is 13.8 Å². The van der Waals surface area contributed by atoms with Crippen molar-refractivity contribution in [3.8, 4) is 16.3 Å². The van der Waals surface area contributed by atoms with Gasteiger partial charge in [0, 0.05) is 13.1 Å². The number of esters is 1. The predicted molar refractivity (Wildman–Crippen MR) is 94.5 cm³/mol. The molecule has 1 aliphatic rings. The van der Waals surface area contributed by atoms with Gasteiger partial charge in [-0.2, -0.15) is 4.39 Å². The summed E-state index contributed by atoms with van der Waals surface area (Å²) in [5.74, 6) is -6.77. The average Bonchev–Trinajstić information content (AvgIpc) is 3.09. The zero-order valence-corrected chi connectivity index (χ0v) is 15.9. The monoisotopic (exact) mass is 414 g/mol. The van der Waals surface area contributed by atoms with Crippen LogP contribution in [0.1, 0.15) is 28.2 Å². The molecule has 28 heavy (non-hydrogen) atoms. The highest BCUT2D eigenvalue weighted by atomic mass is 32.1. The van der Waals surface area contributed by atoms with Crippen molar-refractivity contribution in [2.75, 3.05) is 20.2 Å². The number of aromatic nitrogens is 1. The van der Waals surface area contributed by atoms with Crippen LogP contribution in [0.2, 0.25) is 0 Å². The number of hydrogen-bond donors (Lipinski definition) is 1. The Morgan fingerprint density at radius 3 is 2.50 bits per heavy atom. The molecule has 1 amide bonds. The van der Waals surface area contributed by atoms with Crippen molar-refractivity contribution < 1.29 is 32.6 Å². The number of likely N-dealkylation sites (tertiary alicyclic amines) is 1. The van der Waals surface area contributed by atoms with Crippen LogP contribution < -0.4 is 0 Å². The van der Waals surface area contributed by atoms with Gasteiger partial charge in [0.2, 0.25) is 5.82 Å². The van der Waals surface area contributed by atoms with Crippen LogP contribution in [0.15, 0.2) is 6.07 Å². The summed E-state index contributed by atoms with van der Waals surface area (Å²) in [4.78, 5) is 30.3. The van der Waals surface area contributed by atoms with Gasteiger partial charge in [-0.3, -0.25) is 9.59 Å². The molecule has 1 aromatic carbocycles. The Kier molecular flexibility index (Phi) is 5.59. The summed E-state index contributed by atoms with van der Waals surface area (Å²) in [5.41, 5.74) is -0.114. The van der Waals surface area contributed by atoms with E-state index in [1.54, 1.807) is 11.8 Å². The number of aromatic hydroxyl groups is 1. The van der Waals surface area contributed by atoms with E-state index in [0.717, 1.165) is 11.3 Å². The first-order chi connectivity index (χ1) is 13.2. The fraction of sp³-hybridized carbons (Fsp3) is 0.389. The first-order valence-corrected chi connectivity index (χ1v) is 9.27.